The fourth-order valence-corrected chi connectivity index (χ4v) is 7.63. The Morgan fingerprint density at radius 3 is 2.30 bits per heavy atom. The van der Waals surface area contributed by atoms with Crippen LogP contribution in [0.4, 0.5) is 0 Å². The van der Waals surface area contributed by atoms with E-state index in [2.05, 4.69) is 121 Å². The van der Waals surface area contributed by atoms with Gasteiger partial charge in [0, 0.05) is 33.4 Å². The van der Waals surface area contributed by atoms with Crippen molar-refractivity contribution in [2.45, 2.75) is 24.2 Å². The maximum absolute atomic E-state index is 6.46. The van der Waals surface area contributed by atoms with E-state index in [1.54, 1.807) is 0 Å². The first-order valence-electron chi connectivity index (χ1n) is 17.1. The predicted molar refractivity (Wildman–Crippen MR) is 199 cm³/mol. The van der Waals surface area contributed by atoms with Gasteiger partial charge >= 0.3 is 0 Å². The highest BCUT2D eigenvalue weighted by atomic mass is 16.5. The molecule has 2 aliphatic carbocycles. The minimum absolute atomic E-state index is 0.0664. The molecule has 0 spiro atoms. The van der Waals surface area contributed by atoms with Crippen molar-refractivity contribution in [3.05, 3.63) is 181 Å². The van der Waals surface area contributed by atoms with Gasteiger partial charge in [-0.1, -0.05) is 121 Å². The molecule has 3 aliphatic rings. The Bertz CT molecular complexity index is 2560. The first kappa shape index (κ1) is 28.7. The number of hydrogen-bond donors (Lipinski definition) is 0. The smallest absolute Gasteiger partial charge is 0.164 e. The van der Waals surface area contributed by atoms with Crippen molar-refractivity contribution in [1.82, 2.24) is 15.0 Å². The van der Waals surface area contributed by atoms with Crippen molar-refractivity contribution in [2.75, 3.05) is 0 Å². The highest BCUT2D eigenvalue weighted by Gasteiger charge is 2.39. The standard InChI is InChI=1S/C45H31N3O2/c1-4-12-28(13-5-1)31-22-24-37-35(26-31)41-33(18-10-20-39(41)49-37)44-46-43(30-16-8-3-9-17-30)47-45(48-44)34-19-11-21-40-42(34)36-27-32(23-25-38(36)50-40)29-14-6-2-7-15-29/h1-14,16-27,29,33,41H,15H2. The normalized spacial score (nSPS) is 19.0. The lowest BCUT2D eigenvalue weighted by Crippen LogP contribution is -2.16. The Morgan fingerprint density at radius 1 is 0.620 bits per heavy atom. The molecular formula is C45H31N3O2. The van der Waals surface area contributed by atoms with Crippen LogP contribution in [0.15, 0.2) is 168 Å². The van der Waals surface area contributed by atoms with Crippen molar-refractivity contribution in [1.29, 1.82) is 0 Å². The summed E-state index contributed by atoms with van der Waals surface area (Å²) in [6.45, 7) is 0. The average Bonchev–Trinajstić information content (AvgIpc) is 3.76. The van der Waals surface area contributed by atoms with Crippen molar-refractivity contribution >= 4 is 21.9 Å². The van der Waals surface area contributed by atoms with Crippen LogP contribution >= 0.6 is 0 Å². The number of allylic oxidation sites excluding steroid dienone is 8. The lowest BCUT2D eigenvalue weighted by Gasteiger charge is -2.23. The SMILES string of the molecule is C1=CCC(c2ccc3oc4cccc(-c5nc(-c6ccccc6)nc(C6C=CC=C7Oc8ccc(-c9ccccc9)cc8C76)n5)c4c3c2)C=C1. The van der Waals surface area contributed by atoms with Crippen LogP contribution in [0, 0.1) is 0 Å². The van der Waals surface area contributed by atoms with Crippen LogP contribution in [0.3, 0.4) is 0 Å². The van der Waals surface area contributed by atoms with E-state index in [1.165, 1.54) is 11.1 Å². The van der Waals surface area contributed by atoms with Crippen LogP contribution in [0.25, 0.3) is 55.8 Å². The molecule has 5 heteroatoms. The van der Waals surface area contributed by atoms with Crippen LogP contribution < -0.4 is 4.74 Å². The molecule has 3 heterocycles. The molecule has 3 atom stereocenters. The van der Waals surface area contributed by atoms with E-state index in [4.69, 9.17) is 24.1 Å². The molecular weight excluding hydrogens is 615 g/mol. The van der Waals surface area contributed by atoms with Gasteiger partial charge < -0.3 is 9.15 Å². The molecule has 0 N–H and O–H groups in total. The number of rotatable bonds is 5. The topological polar surface area (TPSA) is 61.0 Å². The molecule has 0 radical (unpaired) electrons. The second kappa shape index (κ2) is 11.7. The molecule has 238 valence electrons. The molecule has 0 fully saturated rings. The van der Waals surface area contributed by atoms with Crippen molar-refractivity contribution < 1.29 is 9.15 Å². The molecule has 1 aliphatic heterocycles. The van der Waals surface area contributed by atoms with Crippen molar-refractivity contribution in [3.63, 3.8) is 0 Å². The lowest BCUT2D eigenvalue weighted by atomic mass is 9.81. The summed E-state index contributed by atoms with van der Waals surface area (Å²) in [6, 6.07) is 39.8. The van der Waals surface area contributed by atoms with Gasteiger partial charge in [0.2, 0.25) is 0 Å². The molecule has 0 saturated heterocycles. The van der Waals surface area contributed by atoms with Gasteiger partial charge in [0.05, 0.1) is 11.8 Å². The van der Waals surface area contributed by atoms with Gasteiger partial charge in [-0.15, -0.1) is 0 Å². The van der Waals surface area contributed by atoms with Crippen LogP contribution in [0.5, 0.6) is 5.75 Å². The van der Waals surface area contributed by atoms with E-state index >= 15 is 0 Å². The number of nitrogens with zero attached hydrogens (tertiary/aromatic N) is 3. The zero-order chi connectivity index (χ0) is 33.0. The molecule has 10 rings (SSSR count). The molecule has 2 aromatic heterocycles. The van der Waals surface area contributed by atoms with Gasteiger partial charge in [0.15, 0.2) is 11.6 Å². The zero-order valence-electron chi connectivity index (χ0n) is 27.1. The molecule has 5 aromatic carbocycles. The summed E-state index contributed by atoms with van der Waals surface area (Å²) in [7, 11) is 0. The van der Waals surface area contributed by atoms with Gasteiger partial charge in [-0.05, 0) is 59.5 Å². The Labute approximate surface area is 289 Å². The molecule has 0 saturated carbocycles. The monoisotopic (exact) mass is 645 g/mol. The van der Waals surface area contributed by atoms with E-state index in [0.29, 0.717) is 23.4 Å². The average molecular weight is 646 g/mol. The molecule has 5 nitrogen and oxygen atoms in total. The summed E-state index contributed by atoms with van der Waals surface area (Å²) in [5.41, 5.74) is 8.24. The third-order valence-corrected chi connectivity index (χ3v) is 10.1. The predicted octanol–water partition coefficient (Wildman–Crippen LogP) is 11.1. The van der Waals surface area contributed by atoms with Crippen LogP contribution in [-0.4, -0.2) is 15.0 Å². The summed E-state index contributed by atoms with van der Waals surface area (Å²) in [4.78, 5) is 15.6. The first-order chi connectivity index (χ1) is 24.8. The number of benzene rings is 5. The summed E-state index contributed by atoms with van der Waals surface area (Å²) < 4.78 is 12.9. The summed E-state index contributed by atoms with van der Waals surface area (Å²) in [5.74, 6) is 3.84. The number of ether oxygens (including phenoxy) is 1. The first-order valence-corrected chi connectivity index (χ1v) is 17.1. The number of furan rings is 1. The van der Waals surface area contributed by atoms with E-state index in [0.717, 1.165) is 62.1 Å². The third-order valence-electron chi connectivity index (χ3n) is 10.1. The highest BCUT2D eigenvalue weighted by molar-refractivity contribution is 6.12. The summed E-state index contributed by atoms with van der Waals surface area (Å²) in [5, 5.41) is 2.08. The number of fused-ring (bicyclic) bond motifs is 6. The molecule has 50 heavy (non-hydrogen) atoms. The van der Waals surface area contributed by atoms with Crippen molar-refractivity contribution in [2.24, 2.45) is 0 Å². The number of hydrogen-bond acceptors (Lipinski definition) is 5. The van der Waals surface area contributed by atoms with Gasteiger partial charge in [-0.25, -0.2) is 15.0 Å². The fraction of sp³-hybridized carbons (Fsp3) is 0.0889. The van der Waals surface area contributed by atoms with Gasteiger partial charge in [-0.3, -0.25) is 0 Å². The van der Waals surface area contributed by atoms with Gasteiger partial charge in [-0.2, -0.15) is 0 Å². The maximum Gasteiger partial charge on any atom is 0.164 e. The van der Waals surface area contributed by atoms with Gasteiger partial charge in [0.25, 0.3) is 0 Å². The largest absolute Gasteiger partial charge is 0.461 e. The molecule has 3 unspecified atom stereocenters. The Hall–Kier alpha value is -6.33. The minimum Gasteiger partial charge on any atom is -0.461 e. The Kier molecular flexibility index (Phi) is 6.69. The Morgan fingerprint density at radius 2 is 1.46 bits per heavy atom. The van der Waals surface area contributed by atoms with E-state index in [1.807, 2.05) is 36.4 Å². The van der Waals surface area contributed by atoms with Crippen LogP contribution in [0.1, 0.15) is 41.1 Å². The lowest BCUT2D eigenvalue weighted by molar-refractivity contribution is 0.414. The minimum atomic E-state index is -0.162. The quantitative estimate of drug-likeness (QED) is 0.186. The fourth-order valence-electron chi connectivity index (χ4n) is 7.63. The number of aromatic nitrogens is 3. The summed E-state index contributed by atoms with van der Waals surface area (Å²) >= 11 is 0. The third kappa shape index (κ3) is 4.81. The zero-order valence-corrected chi connectivity index (χ0v) is 27.1. The highest BCUT2D eigenvalue weighted by Crippen LogP contribution is 2.51. The van der Waals surface area contributed by atoms with Crippen molar-refractivity contribution in [3.8, 4) is 39.7 Å². The van der Waals surface area contributed by atoms with Crippen LogP contribution in [-0.2, 0) is 0 Å². The van der Waals surface area contributed by atoms with E-state index in [9.17, 15) is 0 Å². The van der Waals surface area contributed by atoms with E-state index < -0.39 is 0 Å². The molecule has 0 amide bonds. The Balaban J connectivity index is 1.14. The maximum atomic E-state index is 6.46. The molecule has 7 aromatic rings. The second-order valence-electron chi connectivity index (χ2n) is 13.1. The second-order valence-corrected chi connectivity index (χ2v) is 13.1. The molecule has 0 bridgehead atoms. The van der Waals surface area contributed by atoms with Crippen LogP contribution in [0.2, 0.25) is 0 Å². The van der Waals surface area contributed by atoms with Gasteiger partial charge in [0.1, 0.15) is 28.5 Å². The summed E-state index contributed by atoms with van der Waals surface area (Å²) in [6.07, 6.45) is 16.0. The van der Waals surface area contributed by atoms with E-state index in [-0.39, 0.29) is 11.8 Å².